The van der Waals surface area contributed by atoms with Gasteiger partial charge in [-0.25, -0.2) is 23.6 Å². The summed E-state index contributed by atoms with van der Waals surface area (Å²) in [5.74, 6) is -4.43. The van der Waals surface area contributed by atoms with Gasteiger partial charge in [0.15, 0.2) is 0 Å². The Morgan fingerprint density at radius 1 is 0.739 bits per heavy atom. The van der Waals surface area contributed by atoms with Crippen LogP contribution in [0.4, 0.5) is 10.1 Å². The standard InChI is InChI=1S/C32H28FNO9S3/c1-15-8-13-18-19(14-15)34(26(35)16-9-11-17(33)12-10-16)31(2,3)25-20(18)32(21(27(36)40-4)22(44-25)28(37)41-5)45-23(29(38)42-6)24(46-32)30(39)43-7/h8-14H,1-7H3. The van der Waals surface area contributed by atoms with Crippen LogP contribution in [0.5, 0.6) is 0 Å². The largest absolute Gasteiger partial charge is 0.466 e. The summed E-state index contributed by atoms with van der Waals surface area (Å²) in [4.78, 5) is 69.4. The third-order valence-corrected chi connectivity index (χ3v) is 12.2. The lowest BCUT2D eigenvalue weighted by Gasteiger charge is -2.50. The van der Waals surface area contributed by atoms with Gasteiger partial charge in [-0.1, -0.05) is 47.4 Å². The first-order valence-corrected chi connectivity index (χ1v) is 16.1. The van der Waals surface area contributed by atoms with E-state index in [-0.39, 0.29) is 25.9 Å². The van der Waals surface area contributed by atoms with E-state index >= 15 is 0 Å². The van der Waals surface area contributed by atoms with Gasteiger partial charge in [-0.3, -0.25) is 9.69 Å². The Labute approximate surface area is 276 Å². The number of aryl methyl sites for hydroxylation is 1. The first kappa shape index (κ1) is 33.4. The second-order valence-electron chi connectivity index (χ2n) is 10.7. The lowest BCUT2D eigenvalue weighted by molar-refractivity contribution is -0.138. The number of amides is 1. The summed E-state index contributed by atoms with van der Waals surface area (Å²) in [5, 5.41) is 0. The van der Waals surface area contributed by atoms with Gasteiger partial charge in [-0.05, 0) is 56.7 Å². The maximum Gasteiger partial charge on any atom is 0.345 e. The number of carbonyl (C=O) groups excluding carboxylic acids is 5. The van der Waals surface area contributed by atoms with Crippen LogP contribution in [0.15, 0.2) is 67.7 Å². The molecule has 0 unspecified atom stereocenters. The number of hydrogen-bond acceptors (Lipinski definition) is 12. The van der Waals surface area contributed by atoms with Gasteiger partial charge in [0.05, 0.1) is 45.2 Å². The van der Waals surface area contributed by atoms with E-state index in [1.165, 1.54) is 24.3 Å². The zero-order chi connectivity index (χ0) is 33.7. The van der Waals surface area contributed by atoms with Crippen molar-refractivity contribution < 1.29 is 47.3 Å². The molecular formula is C32H28FNO9S3. The summed E-state index contributed by atoms with van der Waals surface area (Å²) in [6.45, 7) is 5.39. The van der Waals surface area contributed by atoms with E-state index in [4.69, 9.17) is 18.9 Å². The molecule has 0 fully saturated rings. The van der Waals surface area contributed by atoms with Crippen LogP contribution in [-0.4, -0.2) is 67.8 Å². The fourth-order valence-corrected chi connectivity index (χ4v) is 10.6. The fourth-order valence-electron chi connectivity index (χ4n) is 5.51. The smallest absolute Gasteiger partial charge is 0.345 e. The Hall–Kier alpha value is -4.01. The van der Waals surface area contributed by atoms with E-state index in [2.05, 4.69) is 0 Å². The molecule has 240 valence electrons. The highest BCUT2D eigenvalue weighted by atomic mass is 32.2. The van der Waals surface area contributed by atoms with Crippen LogP contribution >= 0.6 is 35.3 Å². The van der Waals surface area contributed by atoms with E-state index in [9.17, 15) is 28.4 Å². The Morgan fingerprint density at radius 3 is 1.78 bits per heavy atom. The van der Waals surface area contributed by atoms with Gasteiger partial charge in [0.2, 0.25) is 0 Å². The van der Waals surface area contributed by atoms with Crippen molar-refractivity contribution in [2.24, 2.45) is 0 Å². The normalized spacial score (nSPS) is 17.8. The number of ether oxygens (including phenoxy) is 4. The number of hydrogen-bond donors (Lipinski definition) is 0. The van der Waals surface area contributed by atoms with Gasteiger partial charge in [0.25, 0.3) is 5.91 Å². The molecule has 3 aliphatic heterocycles. The number of nitrogens with zero attached hydrogens (tertiary/aromatic N) is 1. The highest BCUT2D eigenvalue weighted by Gasteiger charge is 2.61. The zero-order valence-corrected chi connectivity index (χ0v) is 28.2. The molecule has 2 aromatic carbocycles. The molecule has 2 aromatic rings. The monoisotopic (exact) mass is 685 g/mol. The molecule has 0 radical (unpaired) electrons. The van der Waals surface area contributed by atoms with Gasteiger partial charge in [0, 0.05) is 21.6 Å². The van der Waals surface area contributed by atoms with Crippen molar-refractivity contribution in [1.29, 1.82) is 0 Å². The minimum absolute atomic E-state index is 0.139. The van der Waals surface area contributed by atoms with Crippen molar-refractivity contribution in [3.05, 3.63) is 90.2 Å². The van der Waals surface area contributed by atoms with Crippen LogP contribution in [0.3, 0.4) is 0 Å². The number of benzene rings is 2. The van der Waals surface area contributed by atoms with E-state index in [1.54, 1.807) is 30.9 Å². The molecule has 1 amide bonds. The van der Waals surface area contributed by atoms with Gasteiger partial charge < -0.3 is 18.9 Å². The van der Waals surface area contributed by atoms with E-state index in [1.807, 2.05) is 13.0 Å². The summed E-state index contributed by atoms with van der Waals surface area (Å²) < 4.78 is 32.5. The van der Waals surface area contributed by atoms with Crippen LogP contribution in [0.2, 0.25) is 0 Å². The number of fused-ring (bicyclic) bond motifs is 3. The highest BCUT2D eigenvalue weighted by Crippen LogP contribution is 2.71. The minimum atomic E-state index is -1.68. The summed E-state index contributed by atoms with van der Waals surface area (Å²) in [6, 6.07) is 10.5. The van der Waals surface area contributed by atoms with Gasteiger partial charge in [-0.2, -0.15) is 0 Å². The van der Waals surface area contributed by atoms with Gasteiger partial charge in [0.1, 0.15) is 24.6 Å². The minimum Gasteiger partial charge on any atom is -0.466 e. The summed E-state index contributed by atoms with van der Waals surface area (Å²) in [7, 11) is 4.61. The van der Waals surface area contributed by atoms with Crippen LogP contribution in [0.25, 0.3) is 5.57 Å². The number of methoxy groups -OCH3 is 4. The molecule has 0 saturated heterocycles. The average molecular weight is 686 g/mol. The van der Waals surface area contributed by atoms with E-state index in [0.717, 1.165) is 69.3 Å². The Balaban J connectivity index is 1.88. The molecule has 10 nitrogen and oxygen atoms in total. The van der Waals surface area contributed by atoms with Crippen molar-refractivity contribution in [3.63, 3.8) is 0 Å². The van der Waals surface area contributed by atoms with Gasteiger partial charge in [-0.15, -0.1) is 0 Å². The number of carbonyl (C=O) groups is 5. The van der Waals surface area contributed by atoms with Crippen LogP contribution in [0.1, 0.15) is 35.3 Å². The first-order chi connectivity index (χ1) is 21.8. The Bertz CT molecular complexity index is 1780. The van der Waals surface area contributed by atoms with Crippen molar-refractivity contribution in [2.45, 2.75) is 30.4 Å². The summed E-state index contributed by atoms with van der Waals surface area (Å²) in [6.07, 6.45) is 0. The van der Waals surface area contributed by atoms with Gasteiger partial charge >= 0.3 is 23.9 Å². The Kier molecular flexibility index (Phi) is 8.92. The first-order valence-electron chi connectivity index (χ1n) is 13.6. The molecule has 46 heavy (non-hydrogen) atoms. The molecule has 0 aromatic heterocycles. The molecule has 1 spiro atoms. The molecule has 3 heterocycles. The van der Waals surface area contributed by atoms with Crippen LogP contribution in [0, 0.1) is 12.7 Å². The average Bonchev–Trinajstić information content (AvgIpc) is 3.43. The molecule has 0 aliphatic carbocycles. The van der Waals surface area contributed by atoms with Crippen molar-refractivity contribution >= 4 is 76.3 Å². The molecule has 0 atom stereocenters. The molecule has 0 N–H and O–H groups in total. The Morgan fingerprint density at radius 2 is 1.26 bits per heavy atom. The summed E-state index contributed by atoms with van der Waals surface area (Å²) >= 11 is 2.63. The number of halogens is 1. The number of rotatable bonds is 5. The molecule has 0 bridgehead atoms. The fraction of sp³-hybridized carbons (Fsp3) is 0.281. The van der Waals surface area contributed by atoms with E-state index in [0.29, 0.717) is 21.7 Å². The van der Waals surface area contributed by atoms with Crippen molar-refractivity contribution in [2.75, 3.05) is 33.3 Å². The van der Waals surface area contributed by atoms with Crippen molar-refractivity contribution in [1.82, 2.24) is 0 Å². The highest BCUT2D eigenvalue weighted by molar-refractivity contribution is 8.26. The third kappa shape index (κ3) is 5.12. The molecule has 3 aliphatic rings. The number of anilines is 1. The predicted molar refractivity (Wildman–Crippen MR) is 173 cm³/mol. The number of thioether (sulfide) groups is 3. The maximum atomic E-state index is 14.3. The van der Waals surface area contributed by atoms with Crippen LogP contribution < -0.4 is 4.90 Å². The molecular weight excluding hydrogens is 658 g/mol. The van der Waals surface area contributed by atoms with Crippen molar-refractivity contribution in [3.8, 4) is 0 Å². The lowest BCUT2D eigenvalue weighted by atomic mass is 9.82. The maximum absolute atomic E-state index is 14.3. The molecule has 0 saturated carbocycles. The quantitative estimate of drug-likeness (QED) is 0.297. The predicted octanol–water partition coefficient (Wildman–Crippen LogP) is 5.37. The second-order valence-corrected chi connectivity index (χ2v) is 14.4. The van der Waals surface area contributed by atoms with Crippen LogP contribution in [-0.2, 0) is 38.1 Å². The topological polar surface area (TPSA) is 126 Å². The third-order valence-electron chi connectivity index (χ3n) is 7.59. The zero-order valence-electron chi connectivity index (χ0n) is 25.8. The SMILES string of the molecule is COC(=O)C1=C(C(=O)OC)SC2(S1)C(C(=O)OC)=C(C(=O)OC)SC1=C2c2ccc(C)cc2N(C(=O)c2ccc(F)cc2)C1(C)C. The molecule has 5 rings (SSSR count). The van der Waals surface area contributed by atoms with E-state index < -0.39 is 45.2 Å². The summed E-state index contributed by atoms with van der Waals surface area (Å²) in [5.41, 5.74) is 1.04. The molecule has 14 heteroatoms. The lowest BCUT2D eigenvalue weighted by Crippen LogP contribution is -2.53. The second kappa shape index (κ2) is 12.3. The number of esters is 4.